The third-order valence-corrected chi connectivity index (χ3v) is 4.49. The van der Waals surface area contributed by atoms with Crippen LogP contribution < -0.4 is 5.73 Å². The van der Waals surface area contributed by atoms with Crippen molar-refractivity contribution in [2.75, 3.05) is 19.7 Å². The molecule has 1 aliphatic carbocycles. The molecular weight excluding hydrogens is 240 g/mol. The lowest BCUT2D eigenvalue weighted by atomic mass is 10.0. The molecule has 1 saturated heterocycles. The molecule has 1 aliphatic heterocycles. The van der Waals surface area contributed by atoms with E-state index < -0.39 is 0 Å². The number of carbonyl (C=O) groups is 1. The number of carbonyl (C=O) groups excluding carboxylic acids is 1. The molecule has 0 radical (unpaired) electrons. The van der Waals surface area contributed by atoms with Crippen molar-refractivity contribution < 1.29 is 9.53 Å². The molecule has 19 heavy (non-hydrogen) atoms. The first-order valence-electron chi connectivity index (χ1n) is 7.80. The summed E-state index contributed by atoms with van der Waals surface area (Å²) in [6.45, 7) is 4.17. The fourth-order valence-electron chi connectivity index (χ4n) is 3.13. The lowest BCUT2D eigenvalue weighted by Gasteiger charge is -2.28. The maximum absolute atomic E-state index is 12.3. The molecular formula is C15H28N2O2. The Balaban J connectivity index is 1.78. The highest BCUT2D eigenvalue weighted by atomic mass is 16.5. The molecule has 1 amide bonds. The Hall–Kier alpha value is -0.610. The molecule has 2 N–H and O–H groups in total. The number of likely N-dealkylation sites (tertiary alicyclic amines) is 1. The normalized spacial score (nSPS) is 25.1. The first-order valence-corrected chi connectivity index (χ1v) is 7.80. The molecule has 0 bridgehead atoms. The molecule has 2 rings (SSSR count). The van der Waals surface area contributed by atoms with Crippen LogP contribution in [0.3, 0.4) is 0 Å². The maximum Gasteiger partial charge on any atom is 0.251 e. The van der Waals surface area contributed by atoms with Gasteiger partial charge in [-0.15, -0.1) is 0 Å². The lowest BCUT2D eigenvalue weighted by molar-refractivity contribution is -0.143. The zero-order valence-electron chi connectivity index (χ0n) is 12.2. The summed E-state index contributed by atoms with van der Waals surface area (Å²) in [5.74, 6) is 0.142. The van der Waals surface area contributed by atoms with Crippen LogP contribution in [0.4, 0.5) is 0 Å². The third kappa shape index (κ3) is 4.18. The minimum atomic E-state index is -0.348. The Kier molecular flexibility index (Phi) is 5.22. The van der Waals surface area contributed by atoms with E-state index in [1.165, 1.54) is 25.7 Å². The summed E-state index contributed by atoms with van der Waals surface area (Å²) in [4.78, 5) is 14.3. The van der Waals surface area contributed by atoms with Gasteiger partial charge in [0.1, 0.15) is 6.10 Å². The van der Waals surface area contributed by atoms with Gasteiger partial charge in [-0.3, -0.25) is 4.79 Å². The molecule has 1 atom stereocenters. The van der Waals surface area contributed by atoms with E-state index in [1.54, 1.807) is 0 Å². The molecule has 0 aromatic rings. The molecule has 1 saturated carbocycles. The van der Waals surface area contributed by atoms with E-state index >= 15 is 0 Å². The fraction of sp³-hybridized carbons (Fsp3) is 0.933. The van der Waals surface area contributed by atoms with Crippen molar-refractivity contribution in [1.29, 1.82) is 0 Å². The highest BCUT2D eigenvalue weighted by Crippen LogP contribution is 2.27. The Morgan fingerprint density at radius 3 is 2.32 bits per heavy atom. The lowest BCUT2D eigenvalue weighted by Crippen LogP contribution is -2.45. The molecule has 1 unspecified atom stereocenters. The Bertz CT molecular complexity index is 293. The van der Waals surface area contributed by atoms with Crippen LogP contribution in [0, 0.1) is 0 Å². The van der Waals surface area contributed by atoms with Gasteiger partial charge >= 0.3 is 0 Å². The van der Waals surface area contributed by atoms with Crippen molar-refractivity contribution in [3.63, 3.8) is 0 Å². The minimum absolute atomic E-state index is 0.142. The van der Waals surface area contributed by atoms with Gasteiger partial charge in [-0.25, -0.2) is 0 Å². The van der Waals surface area contributed by atoms with E-state index in [1.807, 2.05) is 11.8 Å². The standard InChI is InChI=1S/C15H28N2O2/c1-13(19-12-15(16)8-4-5-9-15)14(18)17-10-6-2-3-7-11-17/h13H,2-12,16H2,1H3. The predicted octanol–water partition coefficient (Wildman–Crippen LogP) is 2.07. The van der Waals surface area contributed by atoms with Crippen LogP contribution in [0.2, 0.25) is 0 Å². The van der Waals surface area contributed by atoms with Crippen molar-refractivity contribution in [3.05, 3.63) is 0 Å². The topological polar surface area (TPSA) is 55.6 Å². The number of hydrogen-bond acceptors (Lipinski definition) is 3. The van der Waals surface area contributed by atoms with Gasteiger partial charge in [0.15, 0.2) is 0 Å². The molecule has 4 nitrogen and oxygen atoms in total. The van der Waals surface area contributed by atoms with E-state index in [-0.39, 0.29) is 17.6 Å². The molecule has 2 fully saturated rings. The van der Waals surface area contributed by atoms with Crippen LogP contribution in [-0.2, 0) is 9.53 Å². The number of ether oxygens (including phenoxy) is 1. The third-order valence-electron chi connectivity index (χ3n) is 4.49. The van der Waals surface area contributed by atoms with Crippen LogP contribution in [0.15, 0.2) is 0 Å². The van der Waals surface area contributed by atoms with Crippen LogP contribution in [0.1, 0.15) is 58.3 Å². The average Bonchev–Trinajstić information content (AvgIpc) is 2.68. The highest BCUT2D eigenvalue weighted by Gasteiger charge is 2.31. The summed E-state index contributed by atoms with van der Waals surface area (Å²) < 4.78 is 5.77. The highest BCUT2D eigenvalue weighted by molar-refractivity contribution is 5.80. The van der Waals surface area contributed by atoms with E-state index in [9.17, 15) is 4.79 Å². The number of nitrogens with two attached hydrogens (primary N) is 1. The zero-order chi connectivity index (χ0) is 13.7. The van der Waals surface area contributed by atoms with Gasteiger partial charge in [-0.05, 0) is 32.6 Å². The summed E-state index contributed by atoms with van der Waals surface area (Å²) in [7, 11) is 0. The predicted molar refractivity (Wildman–Crippen MR) is 75.8 cm³/mol. The largest absolute Gasteiger partial charge is 0.367 e. The minimum Gasteiger partial charge on any atom is -0.367 e. The Morgan fingerprint density at radius 1 is 1.16 bits per heavy atom. The second kappa shape index (κ2) is 6.71. The summed E-state index contributed by atoms with van der Waals surface area (Å²) >= 11 is 0. The summed E-state index contributed by atoms with van der Waals surface area (Å²) in [5.41, 5.74) is 6.07. The van der Waals surface area contributed by atoms with E-state index in [0.29, 0.717) is 6.61 Å². The van der Waals surface area contributed by atoms with Gasteiger partial charge in [0.2, 0.25) is 0 Å². The van der Waals surface area contributed by atoms with Gasteiger partial charge in [0.05, 0.1) is 6.61 Å². The van der Waals surface area contributed by atoms with Crippen molar-refractivity contribution in [2.45, 2.75) is 69.9 Å². The first kappa shape index (κ1) is 14.8. The smallest absolute Gasteiger partial charge is 0.251 e. The molecule has 0 aromatic heterocycles. The van der Waals surface area contributed by atoms with Crippen molar-refractivity contribution in [1.82, 2.24) is 4.90 Å². The summed E-state index contributed by atoms with van der Waals surface area (Å²) in [5, 5.41) is 0. The summed E-state index contributed by atoms with van der Waals surface area (Å²) in [6, 6.07) is 0. The SMILES string of the molecule is CC(OCC1(N)CCCC1)C(=O)N1CCCCCC1. The molecule has 0 spiro atoms. The molecule has 2 aliphatic rings. The Morgan fingerprint density at radius 2 is 1.74 bits per heavy atom. The van der Waals surface area contributed by atoms with Crippen LogP contribution in [0.5, 0.6) is 0 Å². The molecule has 110 valence electrons. The van der Waals surface area contributed by atoms with Gasteiger partial charge in [-0.2, -0.15) is 0 Å². The van der Waals surface area contributed by atoms with Crippen molar-refractivity contribution in [2.24, 2.45) is 5.73 Å². The zero-order valence-corrected chi connectivity index (χ0v) is 12.2. The molecule has 0 aromatic carbocycles. The second-order valence-corrected chi connectivity index (χ2v) is 6.26. The summed E-state index contributed by atoms with van der Waals surface area (Å²) in [6.07, 6.45) is 8.81. The number of rotatable bonds is 4. The number of hydrogen-bond donors (Lipinski definition) is 1. The number of amides is 1. The fourth-order valence-corrected chi connectivity index (χ4v) is 3.13. The monoisotopic (exact) mass is 268 g/mol. The van der Waals surface area contributed by atoms with Crippen molar-refractivity contribution >= 4 is 5.91 Å². The molecule has 4 heteroatoms. The quantitative estimate of drug-likeness (QED) is 0.849. The Labute approximate surface area is 116 Å². The van der Waals surface area contributed by atoms with Gasteiger partial charge in [-0.1, -0.05) is 25.7 Å². The van der Waals surface area contributed by atoms with Crippen LogP contribution in [-0.4, -0.2) is 42.1 Å². The van der Waals surface area contributed by atoms with Gasteiger partial charge < -0.3 is 15.4 Å². The number of nitrogens with zero attached hydrogens (tertiary/aromatic N) is 1. The van der Waals surface area contributed by atoms with Crippen LogP contribution >= 0.6 is 0 Å². The maximum atomic E-state index is 12.3. The van der Waals surface area contributed by atoms with Crippen molar-refractivity contribution in [3.8, 4) is 0 Å². The van der Waals surface area contributed by atoms with Gasteiger partial charge in [0.25, 0.3) is 5.91 Å². The van der Waals surface area contributed by atoms with E-state index in [2.05, 4.69) is 0 Å². The first-order chi connectivity index (χ1) is 9.11. The van der Waals surface area contributed by atoms with E-state index in [0.717, 1.165) is 38.8 Å². The average molecular weight is 268 g/mol. The van der Waals surface area contributed by atoms with Gasteiger partial charge in [0, 0.05) is 18.6 Å². The molecule has 1 heterocycles. The van der Waals surface area contributed by atoms with E-state index in [4.69, 9.17) is 10.5 Å². The second-order valence-electron chi connectivity index (χ2n) is 6.26. The van der Waals surface area contributed by atoms with Crippen LogP contribution in [0.25, 0.3) is 0 Å².